The molecule has 0 bridgehead atoms. The third-order valence-electron chi connectivity index (χ3n) is 2.94. The van der Waals surface area contributed by atoms with E-state index in [0.717, 1.165) is 12.0 Å². The van der Waals surface area contributed by atoms with Crippen LogP contribution in [0.25, 0.3) is 0 Å². The van der Waals surface area contributed by atoms with Gasteiger partial charge in [0, 0.05) is 6.54 Å². The van der Waals surface area contributed by atoms with Crippen LogP contribution in [0.2, 0.25) is 0 Å². The van der Waals surface area contributed by atoms with Crippen LogP contribution < -0.4 is 10.6 Å². The minimum absolute atomic E-state index is 0.0955. The molecule has 0 fully saturated rings. The summed E-state index contributed by atoms with van der Waals surface area (Å²) in [5.41, 5.74) is 1.03. The van der Waals surface area contributed by atoms with Gasteiger partial charge in [0.1, 0.15) is 6.61 Å². The lowest BCUT2D eigenvalue weighted by Gasteiger charge is -2.10. The molecule has 0 aliphatic rings. The number of hydrogen-bond donors (Lipinski definition) is 2. The average molecular weight is 278 g/mol. The van der Waals surface area contributed by atoms with Crippen LogP contribution in [0.3, 0.4) is 0 Å². The minimum Gasteiger partial charge on any atom is -0.464 e. The number of carbonyl (C=O) groups is 2. The first-order valence-corrected chi connectivity index (χ1v) is 6.85. The molecule has 1 aromatic rings. The molecule has 1 rings (SSSR count). The Morgan fingerprint density at radius 1 is 1.20 bits per heavy atom. The molecule has 1 atom stereocenters. The van der Waals surface area contributed by atoms with Crippen molar-refractivity contribution >= 4 is 12.0 Å². The second kappa shape index (κ2) is 8.96. The van der Waals surface area contributed by atoms with Gasteiger partial charge in [0.25, 0.3) is 0 Å². The van der Waals surface area contributed by atoms with Crippen molar-refractivity contribution < 1.29 is 14.3 Å². The van der Waals surface area contributed by atoms with Gasteiger partial charge < -0.3 is 15.4 Å². The molecule has 5 nitrogen and oxygen atoms in total. The van der Waals surface area contributed by atoms with Gasteiger partial charge in [-0.15, -0.1) is 0 Å². The molecular weight excluding hydrogens is 256 g/mol. The fourth-order valence-electron chi connectivity index (χ4n) is 1.47. The zero-order valence-electron chi connectivity index (χ0n) is 12.0. The maximum atomic E-state index is 11.5. The monoisotopic (exact) mass is 278 g/mol. The van der Waals surface area contributed by atoms with E-state index in [1.54, 1.807) is 0 Å². The maximum absolute atomic E-state index is 11.5. The van der Waals surface area contributed by atoms with Crippen molar-refractivity contribution in [2.75, 3.05) is 13.2 Å². The number of rotatable bonds is 7. The van der Waals surface area contributed by atoms with Gasteiger partial charge in [-0.2, -0.15) is 0 Å². The highest BCUT2D eigenvalue weighted by Crippen LogP contribution is 2.02. The quantitative estimate of drug-likeness (QED) is 0.592. The van der Waals surface area contributed by atoms with Crippen molar-refractivity contribution in [3.8, 4) is 0 Å². The number of hydrogen-bond acceptors (Lipinski definition) is 3. The first-order valence-electron chi connectivity index (χ1n) is 6.85. The molecule has 2 N–H and O–H groups in total. The lowest BCUT2D eigenvalue weighted by Crippen LogP contribution is -2.37. The first kappa shape index (κ1) is 16.0. The van der Waals surface area contributed by atoms with Crippen molar-refractivity contribution in [2.45, 2.75) is 26.8 Å². The zero-order valence-corrected chi connectivity index (χ0v) is 12.0. The Morgan fingerprint density at radius 2 is 1.90 bits per heavy atom. The van der Waals surface area contributed by atoms with Gasteiger partial charge in [0.05, 0.1) is 12.5 Å². The van der Waals surface area contributed by atoms with E-state index >= 15 is 0 Å². The van der Waals surface area contributed by atoms with E-state index in [1.165, 1.54) is 0 Å². The Morgan fingerprint density at radius 3 is 2.55 bits per heavy atom. The van der Waals surface area contributed by atoms with Crippen molar-refractivity contribution in [1.82, 2.24) is 10.6 Å². The summed E-state index contributed by atoms with van der Waals surface area (Å²) in [5.74, 6) is -0.319. The number of urea groups is 1. The van der Waals surface area contributed by atoms with Crippen molar-refractivity contribution in [3.05, 3.63) is 35.9 Å². The van der Waals surface area contributed by atoms with Gasteiger partial charge in [0.2, 0.25) is 0 Å². The first-order chi connectivity index (χ1) is 9.63. The van der Waals surface area contributed by atoms with E-state index in [2.05, 4.69) is 10.6 Å². The van der Waals surface area contributed by atoms with E-state index in [9.17, 15) is 9.59 Å². The van der Waals surface area contributed by atoms with Crippen molar-refractivity contribution in [2.24, 2.45) is 5.92 Å². The summed E-state index contributed by atoms with van der Waals surface area (Å²) in [7, 11) is 0. The predicted octanol–water partition coefficient (Wildman–Crippen LogP) is 2.08. The largest absolute Gasteiger partial charge is 0.464 e. The molecule has 0 aliphatic carbocycles. The summed E-state index contributed by atoms with van der Waals surface area (Å²) >= 11 is 0. The molecule has 0 saturated carbocycles. The molecule has 0 heterocycles. The summed E-state index contributed by atoms with van der Waals surface area (Å²) < 4.78 is 5.03. The lowest BCUT2D eigenvalue weighted by atomic mass is 10.1. The van der Waals surface area contributed by atoms with Crippen LogP contribution >= 0.6 is 0 Å². The van der Waals surface area contributed by atoms with Gasteiger partial charge in [0.15, 0.2) is 0 Å². The fourth-order valence-corrected chi connectivity index (χ4v) is 1.47. The van der Waals surface area contributed by atoms with Crippen LogP contribution in [0.1, 0.15) is 25.8 Å². The van der Waals surface area contributed by atoms with E-state index in [0.29, 0.717) is 13.1 Å². The predicted molar refractivity (Wildman–Crippen MR) is 77.1 cm³/mol. The van der Waals surface area contributed by atoms with Crippen molar-refractivity contribution in [1.29, 1.82) is 0 Å². The Hall–Kier alpha value is -2.04. The topological polar surface area (TPSA) is 67.4 Å². The normalized spacial score (nSPS) is 11.5. The third kappa shape index (κ3) is 6.22. The zero-order chi connectivity index (χ0) is 14.8. The number of amides is 2. The molecular formula is C15H22N2O3. The molecule has 0 radical (unpaired) electrons. The Balaban J connectivity index is 2.10. The highest BCUT2D eigenvalue weighted by Gasteiger charge is 2.11. The van der Waals surface area contributed by atoms with Crippen LogP contribution in [0.4, 0.5) is 4.79 Å². The highest BCUT2D eigenvalue weighted by molar-refractivity contribution is 5.74. The molecule has 0 aliphatic heterocycles. The number of carbonyl (C=O) groups excluding carboxylic acids is 2. The Bertz CT molecular complexity index is 420. The molecule has 110 valence electrons. The van der Waals surface area contributed by atoms with Crippen LogP contribution in [0.5, 0.6) is 0 Å². The average Bonchev–Trinajstić information content (AvgIpc) is 2.49. The number of ether oxygens (including phenoxy) is 1. The second-order valence-electron chi connectivity index (χ2n) is 4.57. The maximum Gasteiger partial charge on any atom is 0.315 e. The summed E-state index contributed by atoms with van der Waals surface area (Å²) in [4.78, 5) is 22.9. The Labute approximate surface area is 119 Å². The van der Waals surface area contributed by atoms with E-state index < -0.39 is 0 Å². The minimum atomic E-state index is -0.270. The van der Waals surface area contributed by atoms with Crippen molar-refractivity contribution in [3.63, 3.8) is 0 Å². The third-order valence-corrected chi connectivity index (χ3v) is 2.94. The summed E-state index contributed by atoms with van der Waals surface area (Å²) in [5, 5.41) is 5.37. The van der Waals surface area contributed by atoms with Gasteiger partial charge in [-0.25, -0.2) is 4.79 Å². The van der Waals surface area contributed by atoms with Crippen LogP contribution in [-0.4, -0.2) is 25.2 Å². The molecule has 1 unspecified atom stereocenters. The van der Waals surface area contributed by atoms with Crippen LogP contribution in [-0.2, 0) is 16.1 Å². The van der Waals surface area contributed by atoms with E-state index in [1.807, 2.05) is 44.2 Å². The molecule has 0 saturated heterocycles. The van der Waals surface area contributed by atoms with E-state index in [4.69, 9.17) is 4.74 Å². The summed E-state index contributed by atoms with van der Waals surface area (Å²) in [6.07, 6.45) is 0.754. The molecule has 0 aromatic heterocycles. The van der Waals surface area contributed by atoms with Crippen LogP contribution in [0, 0.1) is 5.92 Å². The standard InChI is InChI=1S/C15H22N2O3/c1-3-12(2)14(18)20-10-9-16-15(19)17-11-13-7-5-4-6-8-13/h4-8,12H,3,9-11H2,1-2H3,(H2,16,17,19). The lowest BCUT2D eigenvalue weighted by molar-refractivity contribution is -0.147. The summed E-state index contributed by atoms with van der Waals surface area (Å²) in [6, 6.07) is 9.37. The fraction of sp³-hybridized carbons (Fsp3) is 0.467. The van der Waals surface area contributed by atoms with Gasteiger partial charge in [-0.1, -0.05) is 44.2 Å². The molecule has 2 amide bonds. The number of benzene rings is 1. The van der Waals surface area contributed by atoms with Gasteiger partial charge in [-0.05, 0) is 12.0 Å². The number of esters is 1. The smallest absolute Gasteiger partial charge is 0.315 e. The molecule has 20 heavy (non-hydrogen) atoms. The highest BCUT2D eigenvalue weighted by atomic mass is 16.5. The molecule has 0 spiro atoms. The molecule has 5 heteroatoms. The number of nitrogens with one attached hydrogen (secondary N) is 2. The SMILES string of the molecule is CCC(C)C(=O)OCCNC(=O)NCc1ccccc1. The molecule has 1 aromatic carbocycles. The van der Waals surface area contributed by atoms with Gasteiger partial charge >= 0.3 is 12.0 Å². The van der Waals surface area contributed by atoms with Gasteiger partial charge in [-0.3, -0.25) is 4.79 Å². The summed E-state index contributed by atoms with van der Waals surface area (Å²) in [6.45, 7) is 4.73. The second-order valence-corrected chi connectivity index (χ2v) is 4.57. The van der Waals surface area contributed by atoms with E-state index in [-0.39, 0.29) is 24.5 Å². The Kier molecular flexibility index (Phi) is 7.17. The van der Waals surface area contributed by atoms with Crippen LogP contribution in [0.15, 0.2) is 30.3 Å².